The van der Waals surface area contributed by atoms with E-state index in [1.54, 1.807) is 77.0 Å². The average molecular weight is 800 g/mol. The first kappa shape index (κ1) is 39.1. The fraction of sp³-hybridized carbons (Fsp3) is 1.00. The van der Waals surface area contributed by atoms with Crippen molar-refractivity contribution in [3.8, 4) is 0 Å². The fourth-order valence-electron chi connectivity index (χ4n) is 8.86. The van der Waals surface area contributed by atoms with Crippen LogP contribution in [0.3, 0.4) is 0 Å². The summed E-state index contributed by atoms with van der Waals surface area (Å²) in [5.41, 5.74) is 0. The van der Waals surface area contributed by atoms with Crippen molar-refractivity contribution in [3.05, 3.63) is 0 Å². The molecule has 46 heavy (non-hydrogen) atoms. The third-order valence-electron chi connectivity index (χ3n) is 11.7. The van der Waals surface area contributed by atoms with Crippen LogP contribution in [-0.4, -0.2) is 36.6 Å². The number of hydrogen-bond donors (Lipinski definition) is 0. The molecular weight excluding hydrogens is 730 g/mol. The van der Waals surface area contributed by atoms with E-state index in [1.165, 1.54) is 116 Å². The van der Waals surface area contributed by atoms with Gasteiger partial charge in [-0.05, 0) is 77.0 Å². The first-order valence-electron chi connectivity index (χ1n) is 20.4. The number of rotatable bonds is 15. The van der Waals surface area contributed by atoms with Crippen LogP contribution in [0.15, 0.2) is 0 Å². The van der Waals surface area contributed by atoms with Crippen molar-refractivity contribution in [2.75, 3.05) is 0 Å². The van der Waals surface area contributed by atoms with Gasteiger partial charge in [0.2, 0.25) is 19.0 Å². The van der Waals surface area contributed by atoms with E-state index in [9.17, 15) is 0 Å². The second kappa shape index (κ2) is 22.6. The van der Waals surface area contributed by atoms with Gasteiger partial charge in [0.05, 0.1) is 0 Å². The minimum atomic E-state index is -0.537. The molecule has 0 aromatic heterocycles. The summed E-state index contributed by atoms with van der Waals surface area (Å²) in [5.74, 6) is 0. The maximum atomic E-state index is 2.73. The zero-order valence-electron chi connectivity index (χ0n) is 29.2. The zero-order chi connectivity index (χ0) is 31.2. The van der Waals surface area contributed by atoms with Crippen molar-refractivity contribution >= 4 is 87.3 Å². The van der Waals surface area contributed by atoms with Crippen LogP contribution >= 0.6 is 87.3 Å². The molecule has 0 nitrogen and oxygen atoms in total. The summed E-state index contributed by atoms with van der Waals surface area (Å²) in [6.07, 6.45) is 44.5. The van der Waals surface area contributed by atoms with Crippen molar-refractivity contribution < 1.29 is 0 Å². The van der Waals surface area contributed by atoms with Gasteiger partial charge in [-0.1, -0.05) is 116 Å². The third-order valence-corrected chi connectivity index (χ3v) is 51.7. The largest absolute Gasteiger partial charge is 0.309 e. The van der Waals surface area contributed by atoms with Crippen molar-refractivity contribution in [2.45, 2.75) is 229 Å². The SMILES string of the molecule is C1CCC(S[PH+](SC2CCCCC2)C([PH+](SC2CCCCC2)SC2CCCCC2)[PH+](SC2CCCCC2)SC2CCCCC2)CC1. The highest BCUT2D eigenvalue weighted by Gasteiger charge is 2.60. The minimum absolute atomic E-state index is 0.537. The predicted octanol–water partition coefficient (Wildman–Crippen LogP) is 16.8. The summed E-state index contributed by atoms with van der Waals surface area (Å²) in [4.78, 5) is 0. The molecule has 266 valence electrons. The Kier molecular flexibility index (Phi) is 19.2. The van der Waals surface area contributed by atoms with Crippen LogP contribution in [0.1, 0.15) is 193 Å². The van der Waals surface area contributed by atoms with Crippen LogP contribution in [0.2, 0.25) is 0 Å². The molecule has 0 heterocycles. The van der Waals surface area contributed by atoms with Gasteiger partial charge in [-0.2, -0.15) is 0 Å². The Hall–Kier alpha value is 3.39. The molecule has 0 spiro atoms. The molecule has 0 aromatic rings. The summed E-state index contributed by atoms with van der Waals surface area (Å²) >= 11 is 16.4. The van der Waals surface area contributed by atoms with Crippen molar-refractivity contribution in [1.29, 1.82) is 0 Å². The van der Waals surface area contributed by atoms with Crippen LogP contribution in [-0.2, 0) is 0 Å². The van der Waals surface area contributed by atoms with E-state index in [0.717, 1.165) is 36.6 Å². The average Bonchev–Trinajstić information content (AvgIpc) is 3.11. The Morgan fingerprint density at radius 2 is 0.391 bits per heavy atom. The van der Waals surface area contributed by atoms with Crippen LogP contribution in [0, 0.1) is 0 Å². The second-order valence-corrected chi connectivity index (χ2v) is 40.9. The lowest BCUT2D eigenvalue weighted by Gasteiger charge is -2.32. The molecule has 0 unspecified atom stereocenters. The van der Waals surface area contributed by atoms with Gasteiger partial charge in [0.15, 0.2) is 0 Å². The van der Waals surface area contributed by atoms with Crippen molar-refractivity contribution in [3.63, 3.8) is 0 Å². The first-order valence-corrected chi connectivity index (χ1v) is 34.8. The minimum Gasteiger partial charge on any atom is -0.0532 e. The molecule has 9 heteroatoms. The lowest BCUT2D eigenvalue weighted by molar-refractivity contribution is 0.517. The molecule has 0 radical (unpaired) electrons. The van der Waals surface area contributed by atoms with Gasteiger partial charge in [0, 0.05) is 99.8 Å². The summed E-state index contributed by atoms with van der Waals surface area (Å²) in [6.45, 7) is 0. The van der Waals surface area contributed by atoms with E-state index in [1.807, 2.05) is 0 Å². The molecule has 6 saturated carbocycles. The molecule has 0 amide bonds. The molecule has 0 bridgehead atoms. The van der Waals surface area contributed by atoms with Gasteiger partial charge < -0.3 is 0 Å². The molecule has 0 aromatic carbocycles. The highest BCUT2D eigenvalue weighted by Crippen LogP contribution is 2.93. The fourth-order valence-corrected chi connectivity index (χ4v) is 67.6. The highest BCUT2D eigenvalue weighted by molar-refractivity contribution is 9.01. The Balaban J connectivity index is 1.34. The maximum Gasteiger partial charge on any atom is 0.309 e. The van der Waals surface area contributed by atoms with Crippen molar-refractivity contribution in [2.24, 2.45) is 0 Å². The molecule has 0 atom stereocenters. The van der Waals surface area contributed by atoms with Crippen LogP contribution in [0.25, 0.3) is 0 Å². The quantitative estimate of drug-likeness (QED) is 0.150. The lowest BCUT2D eigenvalue weighted by atomic mass is 10.0. The van der Waals surface area contributed by atoms with Crippen LogP contribution < -0.4 is 0 Å². The molecule has 6 fully saturated rings. The number of hydrogen-bond acceptors (Lipinski definition) is 6. The first-order chi connectivity index (χ1) is 22.8. The maximum absolute atomic E-state index is 2.73. The predicted molar refractivity (Wildman–Crippen MR) is 236 cm³/mol. The molecule has 6 aliphatic carbocycles. The normalized spacial score (nSPS) is 26.6. The summed E-state index contributed by atoms with van der Waals surface area (Å²) in [6, 6.07) is 0. The highest BCUT2D eigenvalue weighted by atomic mass is 33.1. The Morgan fingerprint density at radius 3 is 0.543 bits per heavy atom. The zero-order valence-corrected chi connectivity index (χ0v) is 37.1. The molecule has 0 aliphatic heterocycles. The van der Waals surface area contributed by atoms with E-state index < -0.39 is 19.0 Å². The van der Waals surface area contributed by atoms with E-state index in [-0.39, 0.29) is 0 Å². The summed E-state index contributed by atoms with van der Waals surface area (Å²) < 4.78 is 0. The van der Waals surface area contributed by atoms with Gasteiger partial charge in [-0.25, -0.2) is 0 Å². The third kappa shape index (κ3) is 13.4. The summed E-state index contributed by atoms with van der Waals surface area (Å²) in [7, 11) is 0. The monoisotopic (exact) mass is 799 g/mol. The molecule has 0 saturated heterocycles. The van der Waals surface area contributed by atoms with Gasteiger partial charge in [0.25, 0.3) is 0 Å². The van der Waals surface area contributed by atoms with Crippen molar-refractivity contribution in [1.82, 2.24) is 0 Å². The van der Waals surface area contributed by atoms with Gasteiger partial charge >= 0.3 is 5.14 Å². The van der Waals surface area contributed by atoms with E-state index in [2.05, 4.69) is 68.3 Å². The Labute approximate surface area is 314 Å². The van der Waals surface area contributed by atoms with E-state index in [4.69, 9.17) is 0 Å². The molecule has 0 N–H and O–H groups in total. The summed E-state index contributed by atoms with van der Waals surface area (Å²) in [5, 5.41) is 7.19. The smallest absolute Gasteiger partial charge is 0.0532 e. The van der Waals surface area contributed by atoms with Crippen LogP contribution in [0.5, 0.6) is 0 Å². The standard InChI is InChI=1S/C37H67P3S6/c1-7-19-31(20-8-1)41-38(42-32-21-9-2-10-22-32)37(39(43-33-23-11-3-12-24-33)44-34-25-13-4-14-26-34)40(45-35-27-15-5-16-28-35)46-36-29-17-6-18-30-36/h31-37H,1-30H2/p+3. The van der Waals surface area contributed by atoms with Gasteiger partial charge in [-0.3, -0.25) is 0 Å². The molecular formula is C37H70P3S6+3. The van der Waals surface area contributed by atoms with Gasteiger partial charge in [-0.15, -0.1) is 0 Å². The molecule has 6 aliphatic rings. The van der Waals surface area contributed by atoms with Gasteiger partial charge in [0.1, 0.15) is 0 Å². The Morgan fingerprint density at radius 1 is 0.239 bits per heavy atom. The molecule has 6 rings (SSSR count). The Bertz CT molecular complexity index is 638. The van der Waals surface area contributed by atoms with E-state index in [0.29, 0.717) is 0 Å². The van der Waals surface area contributed by atoms with Crippen LogP contribution in [0.4, 0.5) is 0 Å². The topological polar surface area (TPSA) is 0 Å². The second-order valence-electron chi connectivity index (χ2n) is 15.7. The van der Waals surface area contributed by atoms with E-state index >= 15 is 0 Å². The lowest BCUT2D eigenvalue weighted by Crippen LogP contribution is -2.15.